The van der Waals surface area contributed by atoms with Crippen LogP contribution in [0.15, 0.2) is 29.2 Å². The van der Waals surface area contributed by atoms with E-state index in [1.807, 2.05) is 0 Å². The molecule has 2 N–H and O–H groups in total. The van der Waals surface area contributed by atoms with E-state index in [9.17, 15) is 18.3 Å². The minimum Gasteiger partial charge on any atom is -0.477 e. The van der Waals surface area contributed by atoms with Crippen LogP contribution in [0.5, 0.6) is 0 Å². The molecule has 0 spiro atoms. The Morgan fingerprint density at radius 3 is 2.62 bits per heavy atom. The number of aliphatic hydroxyl groups excluding tert-OH is 1. The molecule has 0 atom stereocenters. The molecule has 112 valence electrons. The maximum Gasteiger partial charge on any atom is 0.347 e. The summed E-state index contributed by atoms with van der Waals surface area (Å²) in [6, 6.07) is 6.76. The summed E-state index contributed by atoms with van der Waals surface area (Å²) < 4.78 is 27.2. The van der Waals surface area contributed by atoms with E-state index in [1.165, 1.54) is 4.31 Å². The van der Waals surface area contributed by atoms with Crippen molar-refractivity contribution in [2.45, 2.75) is 4.90 Å². The summed E-state index contributed by atoms with van der Waals surface area (Å²) in [6.07, 6.45) is 0. The van der Waals surface area contributed by atoms with E-state index >= 15 is 0 Å². The molecule has 8 heteroatoms. The molecule has 6 nitrogen and oxygen atoms in total. The Balaban J connectivity index is 2.15. The number of sulfonamides is 1. The topological polar surface area (TPSA) is 94.9 Å². The molecule has 1 aliphatic rings. The van der Waals surface area contributed by atoms with Gasteiger partial charge in [-0.1, -0.05) is 18.2 Å². The molecular weight excluding hydrogens is 314 g/mol. The third kappa shape index (κ3) is 2.24. The molecule has 1 aromatic heterocycles. The number of carboxylic acids is 1. The zero-order valence-electron chi connectivity index (χ0n) is 10.9. The van der Waals surface area contributed by atoms with Crippen molar-refractivity contribution in [1.29, 1.82) is 0 Å². The molecule has 3 rings (SSSR count). The van der Waals surface area contributed by atoms with E-state index in [0.717, 1.165) is 11.3 Å². The second-order valence-electron chi connectivity index (χ2n) is 4.93. The van der Waals surface area contributed by atoms with Gasteiger partial charge in [-0.15, -0.1) is 11.3 Å². The second-order valence-corrected chi connectivity index (χ2v) is 7.86. The summed E-state index contributed by atoms with van der Waals surface area (Å²) in [7, 11) is -3.85. The second kappa shape index (κ2) is 5.06. The number of thiophene rings is 1. The van der Waals surface area contributed by atoms with Crippen LogP contribution in [0.3, 0.4) is 0 Å². The average Bonchev–Trinajstić information content (AvgIpc) is 2.77. The van der Waals surface area contributed by atoms with Gasteiger partial charge in [0.1, 0.15) is 9.77 Å². The smallest absolute Gasteiger partial charge is 0.347 e. The van der Waals surface area contributed by atoms with Crippen LogP contribution < -0.4 is 0 Å². The van der Waals surface area contributed by atoms with E-state index in [1.54, 1.807) is 24.3 Å². The van der Waals surface area contributed by atoms with Gasteiger partial charge < -0.3 is 10.2 Å². The predicted molar refractivity (Wildman–Crippen MR) is 78.1 cm³/mol. The number of carboxylic acid groups (broad SMARTS) is 1. The number of carbonyl (C=O) groups is 1. The maximum absolute atomic E-state index is 12.7. The minimum atomic E-state index is -3.85. The Morgan fingerprint density at radius 2 is 2.00 bits per heavy atom. The zero-order valence-corrected chi connectivity index (χ0v) is 12.5. The number of nitrogens with zero attached hydrogens (tertiary/aromatic N) is 1. The number of fused-ring (bicyclic) bond motifs is 1. The predicted octanol–water partition coefficient (Wildman–Crippen LogP) is 1.21. The Kier molecular flexibility index (Phi) is 3.48. The average molecular weight is 327 g/mol. The summed E-state index contributed by atoms with van der Waals surface area (Å²) in [6.45, 7) is 0.381. The largest absolute Gasteiger partial charge is 0.477 e. The lowest BCUT2D eigenvalue weighted by Gasteiger charge is -2.36. The molecule has 0 aliphatic carbocycles. The molecule has 0 unspecified atom stereocenters. The maximum atomic E-state index is 12.7. The Morgan fingerprint density at radius 1 is 1.33 bits per heavy atom. The first-order valence-corrected chi connectivity index (χ1v) is 8.56. The van der Waals surface area contributed by atoms with E-state index in [0.29, 0.717) is 10.1 Å². The highest BCUT2D eigenvalue weighted by Gasteiger charge is 2.40. The highest BCUT2D eigenvalue weighted by atomic mass is 32.2. The first kappa shape index (κ1) is 14.5. The van der Waals surface area contributed by atoms with Crippen molar-refractivity contribution in [2.24, 2.45) is 5.92 Å². The highest BCUT2D eigenvalue weighted by Crippen LogP contribution is 2.38. The molecular formula is C13H13NO5S2. The van der Waals surface area contributed by atoms with Crippen LogP contribution in [0.2, 0.25) is 0 Å². The van der Waals surface area contributed by atoms with Crippen LogP contribution in [0, 0.1) is 5.92 Å². The van der Waals surface area contributed by atoms with Crippen molar-refractivity contribution in [1.82, 2.24) is 4.31 Å². The van der Waals surface area contributed by atoms with Crippen LogP contribution in [-0.2, 0) is 10.0 Å². The van der Waals surface area contributed by atoms with Crippen molar-refractivity contribution in [2.75, 3.05) is 19.7 Å². The summed E-state index contributed by atoms with van der Waals surface area (Å²) >= 11 is 0.963. The molecule has 2 aromatic rings. The van der Waals surface area contributed by atoms with Gasteiger partial charge in [0.15, 0.2) is 0 Å². The zero-order chi connectivity index (χ0) is 15.2. The SMILES string of the molecule is O=C(O)c1sc2ccccc2c1S(=O)(=O)N1CC(CO)C1. The van der Waals surface area contributed by atoms with Crippen molar-refractivity contribution in [3.63, 3.8) is 0 Å². The summed E-state index contributed by atoms with van der Waals surface area (Å²) in [4.78, 5) is 11.1. The van der Waals surface area contributed by atoms with Gasteiger partial charge in [0, 0.05) is 35.7 Å². The molecule has 2 heterocycles. The van der Waals surface area contributed by atoms with Crippen LogP contribution in [0.4, 0.5) is 0 Å². The molecule has 1 aromatic carbocycles. The lowest BCUT2D eigenvalue weighted by molar-refractivity contribution is 0.0697. The monoisotopic (exact) mass is 327 g/mol. The van der Waals surface area contributed by atoms with Crippen molar-refractivity contribution in [3.05, 3.63) is 29.1 Å². The molecule has 0 saturated carbocycles. The fourth-order valence-electron chi connectivity index (χ4n) is 2.38. The van der Waals surface area contributed by atoms with Gasteiger partial charge in [-0.3, -0.25) is 0 Å². The fourth-order valence-corrected chi connectivity index (χ4v) is 5.67. The number of hydrogen-bond donors (Lipinski definition) is 2. The van der Waals surface area contributed by atoms with Crippen LogP contribution in [0.25, 0.3) is 10.1 Å². The van der Waals surface area contributed by atoms with E-state index < -0.39 is 16.0 Å². The molecule has 0 radical (unpaired) electrons. The fraction of sp³-hybridized carbons (Fsp3) is 0.308. The molecule has 0 bridgehead atoms. The quantitative estimate of drug-likeness (QED) is 0.880. The van der Waals surface area contributed by atoms with Gasteiger partial charge in [0.25, 0.3) is 0 Å². The lowest BCUT2D eigenvalue weighted by atomic mass is 10.1. The number of aliphatic hydroxyl groups is 1. The van der Waals surface area contributed by atoms with Gasteiger partial charge in [-0.2, -0.15) is 4.31 Å². The number of hydrogen-bond acceptors (Lipinski definition) is 5. The van der Waals surface area contributed by atoms with Gasteiger partial charge in [-0.25, -0.2) is 13.2 Å². The van der Waals surface area contributed by atoms with Crippen LogP contribution >= 0.6 is 11.3 Å². The summed E-state index contributed by atoms with van der Waals surface area (Å²) in [5, 5.41) is 18.7. The lowest BCUT2D eigenvalue weighted by Crippen LogP contribution is -2.51. The third-order valence-corrected chi connectivity index (χ3v) is 6.73. The standard InChI is InChI=1S/C13H13NO5S2/c15-7-8-5-14(6-8)21(18,19)12-9-3-1-2-4-10(9)20-11(12)13(16)17/h1-4,8,15H,5-7H2,(H,16,17). The molecule has 1 saturated heterocycles. The van der Waals surface area contributed by atoms with Crippen molar-refractivity contribution < 1.29 is 23.4 Å². The molecule has 1 fully saturated rings. The van der Waals surface area contributed by atoms with E-state index in [4.69, 9.17) is 5.11 Å². The van der Waals surface area contributed by atoms with Gasteiger partial charge in [0.2, 0.25) is 10.0 Å². The van der Waals surface area contributed by atoms with Gasteiger partial charge in [-0.05, 0) is 6.07 Å². The van der Waals surface area contributed by atoms with Crippen molar-refractivity contribution >= 4 is 37.4 Å². The summed E-state index contributed by atoms with van der Waals surface area (Å²) in [5.41, 5.74) is 0. The Labute approximate surface area is 125 Å². The first-order chi connectivity index (χ1) is 9.95. The number of aromatic carboxylic acids is 1. The normalized spacial score (nSPS) is 17.0. The summed E-state index contributed by atoms with van der Waals surface area (Å²) in [5.74, 6) is -1.31. The third-order valence-electron chi connectivity index (χ3n) is 3.52. The first-order valence-electron chi connectivity index (χ1n) is 6.31. The Hall–Kier alpha value is -1.48. The van der Waals surface area contributed by atoms with Crippen LogP contribution in [-0.4, -0.2) is 48.6 Å². The molecule has 1 aliphatic heterocycles. The Bertz CT molecular complexity index is 805. The van der Waals surface area contributed by atoms with Crippen molar-refractivity contribution in [3.8, 4) is 0 Å². The minimum absolute atomic E-state index is 0.0673. The van der Waals surface area contributed by atoms with E-state index in [-0.39, 0.29) is 35.4 Å². The van der Waals surface area contributed by atoms with Gasteiger partial charge in [0.05, 0.1) is 0 Å². The number of rotatable bonds is 4. The van der Waals surface area contributed by atoms with Crippen LogP contribution in [0.1, 0.15) is 9.67 Å². The molecule has 0 amide bonds. The van der Waals surface area contributed by atoms with E-state index in [2.05, 4.69) is 0 Å². The number of benzene rings is 1. The molecule has 21 heavy (non-hydrogen) atoms. The highest BCUT2D eigenvalue weighted by molar-refractivity contribution is 7.89. The van der Waals surface area contributed by atoms with Gasteiger partial charge >= 0.3 is 5.97 Å².